The first kappa shape index (κ1) is 13.5. The molecule has 21 heavy (non-hydrogen) atoms. The van der Waals surface area contributed by atoms with E-state index in [1.165, 1.54) is 5.56 Å². The number of rotatable bonds is 4. The summed E-state index contributed by atoms with van der Waals surface area (Å²) in [6, 6.07) is 16.8. The van der Waals surface area contributed by atoms with Gasteiger partial charge in [-0.1, -0.05) is 30.3 Å². The molecule has 0 saturated carbocycles. The third-order valence-electron chi connectivity index (χ3n) is 3.47. The highest BCUT2D eigenvalue weighted by atomic mass is 16.4. The highest BCUT2D eigenvalue weighted by Crippen LogP contribution is 2.26. The fraction of sp³-hybridized carbons (Fsp3) is 0.235. The van der Waals surface area contributed by atoms with Crippen LogP contribution >= 0.6 is 0 Å². The van der Waals surface area contributed by atoms with E-state index in [1.807, 2.05) is 36.4 Å². The van der Waals surface area contributed by atoms with Gasteiger partial charge < -0.3 is 15.1 Å². The maximum Gasteiger partial charge on any atom is 0.298 e. The van der Waals surface area contributed by atoms with Crippen LogP contribution < -0.4 is 10.6 Å². The van der Waals surface area contributed by atoms with Gasteiger partial charge in [0.15, 0.2) is 5.58 Å². The van der Waals surface area contributed by atoms with Crippen molar-refractivity contribution in [1.29, 1.82) is 0 Å². The van der Waals surface area contributed by atoms with Gasteiger partial charge in [-0.05, 0) is 31.5 Å². The van der Waals surface area contributed by atoms with Gasteiger partial charge in [0, 0.05) is 24.3 Å². The number of aromatic nitrogens is 1. The third kappa shape index (κ3) is 2.84. The summed E-state index contributed by atoms with van der Waals surface area (Å²) in [5, 5.41) is 0. The van der Waals surface area contributed by atoms with E-state index in [0.29, 0.717) is 11.7 Å². The summed E-state index contributed by atoms with van der Waals surface area (Å²) in [4.78, 5) is 6.72. The van der Waals surface area contributed by atoms with Crippen LogP contribution in [0.2, 0.25) is 0 Å². The molecular formula is C17H19N3O. The SMILES string of the molecule is CC(C)N(Cc1ccccc1)c1nc2ccc(N)cc2o1. The second-order valence-corrected chi connectivity index (χ2v) is 5.43. The Hall–Kier alpha value is -2.49. The van der Waals surface area contributed by atoms with Gasteiger partial charge in [-0.15, -0.1) is 0 Å². The molecule has 2 aromatic carbocycles. The zero-order chi connectivity index (χ0) is 14.8. The number of hydrogen-bond donors (Lipinski definition) is 1. The summed E-state index contributed by atoms with van der Waals surface area (Å²) < 4.78 is 5.88. The first-order valence-corrected chi connectivity index (χ1v) is 7.10. The van der Waals surface area contributed by atoms with E-state index in [2.05, 4.69) is 35.9 Å². The molecule has 0 aliphatic rings. The molecule has 4 heteroatoms. The van der Waals surface area contributed by atoms with Crippen LogP contribution in [-0.2, 0) is 6.54 Å². The Balaban J connectivity index is 1.95. The second kappa shape index (κ2) is 5.48. The fourth-order valence-electron chi connectivity index (χ4n) is 2.30. The Kier molecular flexibility index (Phi) is 3.52. The van der Waals surface area contributed by atoms with Crippen molar-refractivity contribution in [3.63, 3.8) is 0 Å². The topological polar surface area (TPSA) is 55.3 Å². The van der Waals surface area contributed by atoms with Crippen molar-refractivity contribution in [2.45, 2.75) is 26.4 Å². The number of oxazole rings is 1. The molecule has 0 saturated heterocycles. The number of hydrogen-bond acceptors (Lipinski definition) is 4. The van der Waals surface area contributed by atoms with Gasteiger partial charge in [-0.2, -0.15) is 4.98 Å². The van der Waals surface area contributed by atoms with Crippen molar-refractivity contribution < 1.29 is 4.42 Å². The molecule has 0 amide bonds. The lowest BCUT2D eigenvalue weighted by Gasteiger charge is -2.24. The molecule has 1 heterocycles. The molecule has 0 unspecified atom stereocenters. The maximum absolute atomic E-state index is 5.88. The molecular weight excluding hydrogens is 262 g/mol. The van der Waals surface area contributed by atoms with E-state index in [9.17, 15) is 0 Å². The summed E-state index contributed by atoms with van der Waals surface area (Å²) in [6.07, 6.45) is 0. The molecule has 3 aromatic rings. The summed E-state index contributed by atoms with van der Waals surface area (Å²) in [5.41, 5.74) is 9.26. The predicted molar refractivity (Wildman–Crippen MR) is 86.2 cm³/mol. The fourth-order valence-corrected chi connectivity index (χ4v) is 2.30. The van der Waals surface area contributed by atoms with E-state index in [1.54, 1.807) is 0 Å². The Morgan fingerprint density at radius 3 is 2.62 bits per heavy atom. The smallest absolute Gasteiger partial charge is 0.298 e. The third-order valence-corrected chi connectivity index (χ3v) is 3.47. The number of benzene rings is 2. The van der Waals surface area contributed by atoms with Crippen molar-refractivity contribution >= 4 is 22.8 Å². The summed E-state index contributed by atoms with van der Waals surface area (Å²) in [6.45, 7) is 5.03. The number of nitrogens with two attached hydrogens (primary N) is 1. The van der Waals surface area contributed by atoms with E-state index < -0.39 is 0 Å². The van der Waals surface area contributed by atoms with Gasteiger partial charge in [0.2, 0.25) is 0 Å². The number of fused-ring (bicyclic) bond motifs is 1. The average molecular weight is 281 g/mol. The minimum atomic E-state index is 0.288. The average Bonchev–Trinajstić information content (AvgIpc) is 2.88. The Bertz CT molecular complexity index is 734. The van der Waals surface area contributed by atoms with Crippen LogP contribution in [0.5, 0.6) is 0 Å². The highest BCUT2D eigenvalue weighted by Gasteiger charge is 2.17. The Labute approximate surface area is 124 Å². The zero-order valence-electron chi connectivity index (χ0n) is 12.3. The lowest BCUT2D eigenvalue weighted by molar-refractivity contribution is 0.536. The van der Waals surface area contributed by atoms with E-state index >= 15 is 0 Å². The predicted octanol–water partition coefficient (Wildman–Crippen LogP) is 3.83. The van der Waals surface area contributed by atoms with E-state index in [0.717, 1.165) is 17.6 Å². The van der Waals surface area contributed by atoms with Gasteiger partial charge in [-0.25, -0.2) is 0 Å². The number of nitrogen functional groups attached to an aromatic ring is 1. The lowest BCUT2D eigenvalue weighted by atomic mass is 10.2. The van der Waals surface area contributed by atoms with Gasteiger partial charge in [-0.3, -0.25) is 0 Å². The molecule has 1 aromatic heterocycles. The van der Waals surface area contributed by atoms with Crippen molar-refractivity contribution in [1.82, 2.24) is 4.98 Å². The van der Waals surface area contributed by atoms with Crippen molar-refractivity contribution in [3.05, 3.63) is 54.1 Å². The Morgan fingerprint density at radius 2 is 1.90 bits per heavy atom. The van der Waals surface area contributed by atoms with Gasteiger partial charge in [0.1, 0.15) is 5.52 Å². The minimum Gasteiger partial charge on any atom is -0.423 e. The maximum atomic E-state index is 5.88. The molecule has 0 atom stereocenters. The number of nitrogens with zero attached hydrogens (tertiary/aromatic N) is 2. The number of anilines is 2. The van der Waals surface area contributed by atoms with Crippen LogP contribution in [0, 0.1) is 0 Å². The van der Waals surface area contributed by atoms with Crippen molar-refractivity contribution in [3.8, 4) is 0 Å². The summed E-state index contributed by atoms with van der Waals surface area (Å²) >= 11 is 0. The first-order chi connectivity index (χ1) is 10.1. The van der Waals surface area contributed by atoms with Crippen LogP contribution in [-0.4, -0.2) is 11.0 Å². The summed E-state index contributed by atoms with van der Waals surface area (Å²) in [5.74, 6) is 0. The van der Waals surface area contributed by atoms with Gasteiger partial charge >= 0.3 is 0 Å². The van der Waals surface area contributed by atoms with Gasteiger partial charge in [0.05, 0.1) is 0 Å². The van der Waals surface area contributed by atoms with Crippen LogP contribution in [0.15, 0.2) is 52.9 Å². The van der Waals surface area contributed by atoms with Crippen molar-refractivity contribution in [2.75, 3.05) is 10.6 Å². The largest absolute Gasteiger partial charge is 0.423 e. The van der Waals surface area contributed by atoms with Crippen LogP contribution in [0.3, 0.4) is 0 Å². The lowest BCUT2D eigenvalue weighted by Crippen LogP contribution is -2.30. The summed E-state index contributed by atoms with van der Waals surface area (Å²) in [7, 11) is 0. The van der Waals surface area contributed by atoms with Crippen molar-refractivity contribution in [2.24, 2.45) is 0 Å². The molecule has 108 valence electrons. The highest BCUT2D eigenvalue weighted by molar-refractivity contribution is 5.78. The molecule has 0 radical (unpaired) electrons. The molecule has 0 fully saturated rings. The first-order valence-electron chi connectivity index (χ1n) is 7.10. The molecule has 0 aliphatic heterocycles. The Morgan fingerprint density at radius 1 is 1.14 bits per heavy atom. The normalized spacial score (nSPS) is 11.2. The van der Waals surface area contributed by atoms with Crippen LogP contribution in [0.1, 0.15) is 19.4 Å². The van der Waals surface area contributed by atoms with E-state index in [4.69, 9.17) is 10.2 Å². The standard InChI is InChI=1S/C17H19N3O/c1-12(2)20(11-13-6-4-3-5-7-13)17-19-15-9-8-14(18)10-16(15)21-17/h3-10,12H,11,18H2,1-2H3. The monoisotopic (exact) mass is 281 g/mol. The quantitative estimate of drug-likeness (QED) is 0.738. The molecule has 0 bridgehead atoms. The molecule has 2 N–H and O–H groups in total. The minimum absolute atomic E-state index is 0.288. The molecule has 0 aliphatic carbocycles. The molecule has 0 spiro atoms. The molecule has 3 rings (SSSR count). The van der Waals surface area contributed by atoms with E-state index in [-0.39, 0.29) is 6.04 Å². The molecule has 4 nitrogen and oxygen atoms in total. The van der Waals surface area contributed by atoms with Gasteiger partial charge in [0.25, 0.3) is 6.01 Å². The van der Waals surface area contributed by atoms with Crippen LogP contribution in [0.4, 0.5) is 11.7 Å². The second-order valence-electron chi connectivity index (χ2n) is 5.43. The zero-order valence-corrected chi connectivity index (χ0v) is 12.3. The van der Waals surface area contributed by atoms with Crippen LogP contribution in [0.25, 0.3) is 11.1 Å².